The van der Waals surface area contributed by atoms with E-state index in [9.17, 15) is 14.7 Å². The Morgan fingerprint density at radius 2 is 1.56 bits per heavy atom. The quantitative estimate of drug-likeness (QED) is 0.147. The molecule has 292 valence electrons. The molecular weight excluding hydrogens is 731 g/mol. The SMILES string of the molecule is COc1ccc([Si](C)(C)[C@H]2[C@H](CC(=O)N3Cc4ccccc4C[C@H]3CO)O[C@@]3(C(=O)N(Cc4ccccc4)c4ccc(NC(=O)c5ccccc5)cc43)[C@@H]2C)cc1. The molecule has 1 spiro atoms. The zero-order chi connectivity index (χ0) is 39.9. The number of methoxy groups -OCH3 is 1. The van der Waals surface area contributed by atoms with Gasteiger partial charge >= 0.3 is 0 Å². The van der Waals surface area contributed by atoms with Gasteiger partial charge in [-0.1, -0.05) is 110 Å². The standard InChI is InChI=1S/C47H49N3O6Si/c1-31-44(57(3,4)39-22-20-38(55-2)21-23-39)42(27-43(52)49-29-35-18-12-11-17-34(35)25-37(49)30-51)56-47(31)40-26-36(48-45(53)33-15-9-6-10-16-33)19-24-41(40)50(46(47)54)28-32-13-7-5-8-14-32/h5-24,26,31,37,42,44,51H,25,27-30H2,1-4H3,(H,48,53)/t31-,37+,42+,44-,47+/m1/s1. The number of aliphatic hydroxyl groups is 1. The van der Waals surface area contributed by atoms with Gasteiger partial charge in [0, 0.05) is 29.3 Å². The molecule has 3 heterocycles. The van der Waals surface area contributed by atoms with Crippen LogP contribution < -0.4 is 20.1 Å². The Labute approximate surface area is 335 Å². The topological polar surface area (TPSA) is 108 Å². The molecule has 5 atom stereocenters. The van der Waals surface area contributed by atoms with Gasteiger partial charge in [0.1, 0.15) is 5.75 Å². The number of benzene rings is 5. The number of aliphatic hydroxyl groups excluding tert-OH is 1. The number of nitrogens with zero attached hydrogens (tertiary/aromatic N) is 2. The van der Waals surface area contributed by atoms with Gasteiger partial charge < -0.3 is 29.7 Å². The largest absolute Gasteiger partial charge is 0.497 e. The summed E-state index contributed by atoms with van der Waals surface area (Å²) in [5.41, 5.74) is 4.02. The number of carbonyl (C=O) groups excluding carboxylic acids is 3. The highest BCUT2D eigenvalue weighted by Gasteiger charge is 2.66. The molecule has 5 aromatic carbocycles. The van der Waals surface area contributed by atoms with Gasteiger partial charge in [0.2, 0.25) is 5.91 Å². The van der Waals surface area contributed by atoms with Gasteiger partial charge in [-0.15, -0.1) is 0 Å². The third kappa shape index (κ3) is 6.85. The molecule has 1 fully saturated rings. The molecule has 0 unspecified atom stereocenters. The highest BCUT2D eigenvalue weighted by atomic mass is 28.3. The minimum atomic E-state index is -2.57. The monoisotopic (exact) mass is 779 g/mol. The van der Waals surface area contributed by atoms with E-state index < -0.39 is 19.8 Å². The summed E-state index contributed by atoms with van der Waals surface area (Å²) in [5, 5.41) is 14.7. The summed E-state index contributed by atoms with van der Waals surface area (Å²) in [6.07, 6.45) is -0.00507. The lowest BCUT2D eigenvalue weighted by atomic mass is 9.82. The molecule has 2 N–H and O–H groups in total. The van der Waals surface area contributed by atoms with Crippen LogP contribution in [0.25, 0.3) is 0 Å². The van der Waals surface area contributed by atoms with Crippen LogP contribution in [0.15, 0.2) is 127 Å². The number of carbonyl (C=O) groups is 3. The second kappa shape index (κ2) is 15.4. The van der Waals surface area contributed by atoms with Crippen molar-refractivity contribution in [2.24, 2.45) is 5.92 Å². The molecule has 0 bridgehead atoms. The van der Waals surface area contributed by atoms with Gasteiger partial charge in [0.25, 0.3) is 11.8 Å². The lowest BCUT2D eigenvalue weighted by Gasteiger charge is -2.39. The summed E-state index contributed by atoms with van der Waals surface area (Å²) in [6, 6.07) is 40.4. The molecule has 0 radical (unpaired) electrons. The number of anilines is 2. The predicted octanol–water partition coefficient (Wildman–Crippen LogP) is 7.05. The van der Waals surface area contributed by atoms with E-state index in [-0.39, 0.29) is 48.3 Å². The Morgan fingerprint density at radius 3 is 2.25 bits per heavy atom. The van der Waals surface area contributed by atoms with Gasteiger partial charge in [-0.2, -0.15) is 0 Å². The highest BCUT2D eigenvalue weighted by molar-refractivity contribution is 6.91. The maximum atomic E-state index is 15.4. The van der Waals surface area contributed by atoms with Crippen molar-refractivity contribution < 1.29 is 29.0 Å². The smallest absolute Gasteiger partial charge is 0.264 e. The maximum absolute atomic E-state index is 15.4. The van der Waals surface area contributed by atoms with E-state index in [1.165, 1.54) is 0 Å². The molecule has 57 heavy (non-hydrogen) atoms. The van der Waals surface area contributed by atoms with Crippen LogP contribution >= 0.6 is 0 Å². The van der Waals surface area contributed by atoms with Crippen molar-refractivity contribution in [1.82, 2.24) is 4.90 Å². The fourth-order valence-corrected chi connectivity index (χ4v) is 13.6. The van der Waals surface area contributed by atoms with E-state index in [0.717, 1.165) is 33.3 Å². The first-order valence-electron chi connectivity index (χ1n) is 19.7. The van der Waals surface area contributed by atoms with Crippen molar-refractivity contribution in [1.29, 1.82) is 0 Å². The molecule has 10 heteroatoms. The van der Waals surface area contributed by atoms with Gasteiger partial charge in [0.05, 0.1) is 52.6 Å². The highest BCUT2D eigenvalue weighted by Crippen LogP contribution is 2.60. The molecule has 3 amide bonds. The first-order valence-corrected chi connectivity index (χ1v) is 22.8. The lowest BCUT2D eigenvalue weighted by molar-refractivity contribution is -0.151. The summed E-state index contributed by atoms with van der Waals surface area (Å²) in [4.78, 5) is 47.1. The van der Waals surface area contributed by atoms with E-state index in [1.807, 2.05) is 97.1 Å². The van der Waals surface area contributed by atoms with Crippen molar-refractivity contribution in [3.8, 4) is 5.75 Å². The summed E-state index contributed by atoms with van der Waals surface area (Å²) < 4.78 is 12.8. The zero-order valence-electron chi connectivity index (χ0n) is 32.9. The van der Waals surface area contributed by atoms with Crippen molar-refractivity contribution in [2.45, 2.75) is 69.2 Å². The Morgan fingerprint density at radius 1 is 0.895 bits per heavy atom. The van der Waals surface area contributed by atoms with Gasteiger partial charge in [-0.3, -0.25) is 14.4 Å². The summed E-state index contributed by atoms with van der Waals surface area (Å²) in [7, 11) is -0.925. The van der Waals surface area contributed by atoms with Gasteiger partial charge in [-0.25, -0.2) is 0 Å². The van der Waals surface area contributed by atoms with Gasteiger partial charge in [0.15, 0.2) is 5.60 Å². The number of ether oxygens (including phenoxy) is 2. The predicted molar refractivity (Wildman–Crippen MR) is 224 cm³/mol. The second-order valence-electron chi connectivity index (χ2n) is 16.1. The van der Waals surface area contributed by atoms with E-state index in [0.29, 0.717) is 36.3 Å². The van der Waals surface area contributed by atoms with E-state index >= 15 is 4.79 Å². The third-order valence-electron chi connectivity index (χ3n) is 12.6. The van der Waals surface area contributed by atoms with E-state index in [1.54, 1.807) is 29.0 Å². The van der Waals surface area contributed by atoms with Crippen molar-refractivity contribution in [3.63, 3.8) is 0 Å². The summed E-state index contributed by atoms with van der Waals surface area (Å²) >= 11 is 0. The fraction of sp³-hybridized carbons (Fsp3) is 0.298. The lowest BCUT2D eigenvalue weighted by Crippen LogP contribution is -2.52. The van der Waals surface area contributed by atoms with E-state index in [4.69, 9.17) is 9.47 Å². The number of fused-ring (bicyclic) bond motifs is 3. The Bertz CT molecular complexity index is 2280. The molecular formula is C47H49N3O6Si. The van der Waals surface area contributed by atoms with Crippen LogP contribution in [0, 0.1) is 5.92 Å². The van der Waals surface area contributed by atoms with Crippen molar-refractivity contribution >= 4 is 42.4 Å². The Balaban J connectivity index is 1.22. The average molecular weight is 780 g/mol. The molecule has 0 aromatic heterocycles. The molecule has 8 rings (SSSR count). The minimum absolute atomic E-state index is 0.0493. The minimum Gasteiger partial charge on any atom is -0.497 e. The Kier molecular flexibility index (Phi) is 10.4. The maximum Gasteiger partial charge on any atom is 0.264 e. The molecule has 0 aliphatic carbocycles. The molecule has 0 saturated carbocycles. The van der Waals surface area contributed by atoms with Gasteiger partial charge in [-0.05, 0) is 71.1 Å². The zero-order valence-corrected chi connectivity index (χ0v) is 33.9. The number of amides is 3. The van der Waals surface area contributed by atoms with Crippen LogP contribution in [0.1, 0.15) is 46.0 Å². The van der Waals surface area contributed by atoms with Crippen molar-refractivity contribution in [2.75, 3.05) is 23.9 Å². The van der Waals surface area contributed by atoms with Crippen LogP contribution in [0.3, 0.4) is 0 Å². The fourth-order valence-electron chi connectivity index (χ4n) is 9.64. The molecule has 9 nitrogen and oxygen atoms in total. The second-order valence-corrected chi connectivity index (χ2v) is 20.8. The number of hydrogen-bond donors (Lipinski definition) is 2. The van der Waals surface area contributed by atoms with Crippen LogP contribution in [0.5, 0.6) is 5.75 Å². The molecule has 1 saturated heterocycles. The number of nitrogens with one attached hydrogen (secondary N) is 1. The third-order valence-corrected chi connectivity index (χ3v) is 16.9. The van der Waals surface area contributed by atoms with E-state index in [2.05, 4.69) is 43.5 Å². The van der Waals surface area contributed by atoms with Crippen LogP contribution in [-0.4, -0.2) is 61.7 Å². The van der Waals surface area contributed by atoms with Crippen LogP contribution in [-0.2, 0) is 39.4 Å². The van der Waals surface area contributed by atoms with Crippen molar-refractivity contribution in [3.05, 3.63) is 155 Å². The number of hydrogen-bond acceptors (Lipinski definition) is 6. The summed E-state index contributed by atoms with van der Waals surface area (Å²) in [5.74, 6) is -0.157. The molecule has 3 aliphatic heterocycles. The normalized spacial score (nSPS) is 22.6. The average Bonchev–Trinajstić information content (AvgIpc) is 3.66. The van der Waals surface area contributed by atoms with Crippen LogP contribution in [0.2, 0.25) is 18.6 Å². The molecule has 3 aliphatic rings. The molecule has 5 aromatic rings. The number of rotatable bonds is 10. The first-order chi connectivity index (χ1) is 27.5. The Hall–Kier alpha value is -5.55. The first kappa shape index (κ1) is 38.3. The summed E-state index contributed by atoms with van der Waals surface area (Å²) in [6.45, 7) is 7.27. The van der Waals surface area contributed by atoms with Crippen LogP contribution in [0.4, 0.5) is 11.4 Å².